The van der Waals surface area contributed by atoms with Crippen molar-refractivity contribution in [2.24, 2.45) is 5.92 Å². The first-order valence-corrected chi connectivity index (χ1v) is 9.22. The maximum Gasteiger partial charge on any atom is 1.00 e. The van der Waals surface area contributed by atoms with Gasteiger partial charge in [0.05, 0.1) is 0 Å². The van der Waals surface area contributed by atoms with Crippen LogP contribution in [0.2, 0.25) is 0 Å². The summed E-state index contributed by atoms with van der Waals surface area (Å²) in [6.45, 7) is 6.94. The van der Waals surface area contributed by atoms with Crippen LogP contribution in [0.15, 0.2) is 0 Å². The van der Waals surface area contributed by atoms with E-state index >= 15 is 0 Å². The molecule has 0 saturated carbocycles. The zero-order valence-electron chi connectivity index (χ0n) is 14.3. The molecule has 4 nitrogen and oxygen atoms in total. The normalized spacial score (nSPS) is 12.0. The SMILES string of the molecule is CCCCCCCC[CH-]CC(C)CCC.O=S(=O)(O)O.[Na+]. The zero-order chi connectivity index (χ0) is 15.9. The topological polar surface area (TPSA) is 74.6 Å². The molecule has 0 aromatic rings. The fourth-order valence-electron chi connectivity index (χ4n) is 2.08. The van der Waals surface area contributed by atoms with E-state index in [4.69, 9.17) is 17.5 Å². The molecule has 0 fully saturated rings. The zero-order valence-corrected chi connectivity index (χ0v) is 17.2. The molecule has 2 N–H and O–H groups in total. The van der Waals surface area contributed by atoms with Gasteiger partial charge < -0.3 is 6.42 Å². The van der Waals surface area contributed by atoms with Gasteiger partial charge in [0, 0.05) is 0 Å². The first-order valence-electron chi connectivity index (χ1n) is 7.82. The Hall–Kier alpha value is 0.870. The van der Waals surface area contributed by atoms with Crippen molar-refractivity contribution < 1.29 is 47.1 Å². The Morgan fingerprint density at radius 3 is 1.90 bits per heavy atom. The summed E-state index contributed by atoms with van der Waals surface area (Å²) in [5.74, 6) is 0.912. The van der Waals surface area contributed by atoms with Crippen molar-refractivity contribution in [3.05, 3.63) is 6.42 Å². The molecule has 1 unspecified atom stereocenters. The summed E-state index contributed by atoms with van der Waals surface area (Å²) in [5, 5.41) is 0. The minimum atomic E-state index is -4.67. The number of hydrogen-bond acceptors (Lipinski definition) is 2. The van der Waals surface area contributed by atoms with Crippen molar-refractivity contribution in [1.82, 2.24) is 0 Å². The third-order valence-electron chi connectivity index (χ3n) is 3.11. The van der Waals surface area contributed by atoms with E-state index in [1.165, 1.54) is 64.2 Å². The summed E-state index contributed by atoms with van der Waals surface area (Å²) in [7, 11) is -4.67. The quantitative estimate of drug-likeness (QED) is 0.263. The third kappa shape index (κ3) is 38.6. The summed E-state index contributed by atoms with van der Waals surface area (Å²) in [6, 6.07) is 0. The first kappa shape index (κ1) is 26.8. The molecule has 0 radical (unpaired) electrons. The maximum absolute atomic E-state index is 8.74. The van der Waals surface area contributed by atoms with Crippen LogP contribution in [0.5, 0.6) is 0 Å². The van der Waals surface area contributed by atoms with Crippen LogP contribution in [0.3, 0.4) is 0 Å². The Kier molecular flexibility index (Phi) is 24.1. The molecule has 0 rings (SSSR count). The van der Waals surface area contributed by atoms with Gasteiger partial charge >= 0.3 is 40.0 Å². The second-order valence-corrected chi connectivity index (χ2v) is 6.32. The summed E-state index contributed by atoms with van der Waals surface area (Å²) >= 11 is 0. The van der Waals surface area contributed by atoms with Crippen LogP contribution in [-0.4, -0.2) is 17.5 Å². The van der Waals surface area contributed by atoms with E-state index < -0.39 is 10.4 Å². The molecule has 0 aromatic heterocycles. The van der Waals surface area contributed by atoms with E-state index in [0.717, 1.165) is 5.92 Å². The van der Waals surface area contributed by atoms with Crippen molar-refractivity contribution in [1.29, 1.82) is 0 Å². The van der Waals surface area contributed by atoms with Gasteiger partial charge in [0.2, 0.25) is 0 Å². The van der Waals surface area contributed by atoms with E-state index in [0.29, 0.717) is 0 Å². The van der Waals surface area contributed by atoms with Gasteiger partial charge in [-0.25, -0.2) is 0 Å². The predicted molar refractivity (Wildman–Crippen MR) is 85.2 cm³/mol. The first-order chi connectivity index (χ1) is 9.31. The summed E-state index contributed by atoms with van der Waals surface area (Å²) in [4.78, 5) is 0. The van der Waals surface area contributed by atoms with Crippen LogP contribution < -0.4 is 29.6 Å². The Labute approximate surface area is 154 Å². The van der Waals surface area contributed by atoms with Gasteiger partial charge in [-0.1, -0.05) is 78.1 Å². The van der Waals surface area contributed by atoms with Crippen LogP contribution >= 0.6 is 0 Å². The van der Waals surface area contributed by atoms with Gasteiger partial charge in [-0.15, -0.1) is 0 Å². The van der Waals surface area contributed by atoms with Crippen LogP contribution in [0.25, 0.3) is 0 Å². The number of hydrogen-bond donors (Lipinski definition) is 2. The number of rotatable bonds is 11. The molecular formula is C15H33NaO4S. The van der Waals surface area contributed by atoms with Gasteiger partial charge in [-0.2, -0.15) is 21.3 Å². The van der Waals surface area contributed by atoms with E-state index in [1.54, 1.807) is 0 Å². The fourth-order valence-corrected chi connectivity index (χ4v) is 2.08. The summed E-state index contributed by atoms with van der Waals surface area (Å²) in [6.07, 6.45) is 16.5. The van der Waals surface area contributed by atoms with Gasteiger partial charge in [0.25, 0.3) is 0 Å². The minimum Gasteiger partial charge on any atom is -0.328 e. The van der Waals surface area contributed by atoms with Gasteiger partial charge in [0.1, 0.15) is 0 Å². The standard InChI is InChI=1S/C15H31.Na.H2O4S/c1-4-6-7-8-9-10-11-12-14-15(3)13-5-2;;1-5(2,3)4/h12,15H,4-11,13-14H2,1-3H3;;(H2,1,2,3,4)/q-1;+1;. The third-order valence-corrected chi connectivity index (χ3v) is 3.11. The molecular weight excluding hydrogens is 299 g/mol. The van der Waals surface area contributed by atoms with E-state index in [1.807, 2.05) is 0 Å². The van der Waals surface area contributed by atoms with E-state index in [-0.39, 0.29) is 29.6 Å². The molecule has 0 aliphatic heterocycles. The molecule has 0 aromatic carbocycles. The molecule has 0 saturated heterocycles. The van der Waals surface area contributed by atoms with Crippen molar-refractivity contribution in [2.75, 3.05) is 0 Å². The maximum atomic E-state index is 8.74. The van der Waals surface area contributed by atoms with Crippen LogP contribution in [-0.2, 0) is 10.4 Å². The molecule has 0 heterocycles. The van der Waals surface area contributed by atoms with Crippen molar-refractivity contribution in [3.8, 4) is 0 Å². The molecule has 0 spiro atoms. The minimum absolute atomic E-state index is 0. The van der Waals surface area contributed by atoms with Crippen LogP contribution in [0.4, 0.5) is 0 Å². The van der Waals surface area contributed by atoms with Gasteiger partial charge in [0.15, 0.2) is 0 Å². The molecule has 0 aliphatic rings. The van der Waals surface area contributed by atoms with Gasteiger partial charge in [-0.05, 0) is 0 Å². The second kappa shape index (κ2) is 18.9. The second-order valence-electron chi connectivity index (χ2n) is 5.42. The number of unbranched alkanes of at least 4 members (excludes halogenated alkanes) is 7. The average molecular weight is 332 g/mol. The summed E-state index contributed by atoms with van der Waals surface area (Å²) < 4.78 is 31.6. The van der Waals surface area contributed by atoms with E-state index in [9.17, 15) is 0 Å². The smallest absolute Gasteiger partial charge is 0.328 e. The van der Waals surface area contributed by atoms with Crippen LogP contribution in [0, 0.1) is 12.3 Å². The molecule has 21 heavy (non-hydrogen) atoms. The molecule has 6 heteroatoms. The van der Waals surface area contributed by atoms with Crippen LogP contribution in [0.1, 0.15) is 85.0 Å². The molecule has 0 bridgehead atoms. The Morgan fingerprint density at radius 2 is 1.43 bits per heavy atom. The molecule has 0 aliphatic carbocycles. The van der Waals surface area contributed by atoms with E-state index in [2.05, 4.69) is 27.2 Å². The van der Waals surface area contributed by atoms with Gasteiger partial charge in [-0.3, -0.25) is 9.11 Å². The average Bonchev–Trinajstić information content (AvgIpc) is 2.31. The van der Waals surface area contributed by atoms with Crippen molar-refractivity contribution in [3.63, 3.8) is 0 Å². The molecule has 1 atom stereocenters. The predicted octanol–water partition coefficient (Wildman–Crippen LogP) is 2.12. The van der Waals surface area contributed by atoms with Crippen molar-refractivity contribution >= 4 is 10.4 Å². The van der Waals surface area contributed by atoms with Crippen molar-refractivity contribution in [2.45, 2.75) is 85.0 Å². The Morgan fingerprint density at radius 1 is 0.952 bits per heavy atom. The monoisotopic (exact) mass is 332 g/mol. The Balaban J connectivity index is -0.000000465. The largest absolute Gasteiger partial charge is 1.00 e. The summed E-state index contributed by atoms with van der Waals surface area (Å²) in [5.41, 5.74) is 0. The Bertz CT molecular complexity index is 273. The fraction of sp³-hybridized carbons (Fsp3) is 0.933. The molecule has 0 amide bonds. The molecule has 124 valence electrons.